The van der Waals surface area contributed by atoms with E-state index >= 15 is 0 Å². The Bertz CT molecular complexity index is 734. The van der Waals surface area contributed by atoms with Crippen molar-refractivity contribution in [2.24, 2.45) is 10.4 Å². The van der Waals surface area contributed by atoms with Crippen molar-refractivity contribution in [2.75, 3.05) is 0 Å². The lowest BCUT2D eigenvalue weighted by molar-refractivity contribution is -0.117. The number of aliphatic imine (C=N–C) groups is 1. The van der Waals surface area contributed by atoms with Gasteiger partial charge >= 0.3 is 5.97 Å². The van der Waals surface area contributed by atoms with E-state index in [4.69, 9.17) is 4.74 Å². The second kappa shape index (κ2) is 6.82. The molecule has 0 heterocycles. The molecule has 0 radical (unpaired) electrons. The third-order valence-electron chi connectivity index (χ3n) is 3.74. The molecule has 1 aliphatic rings. The van der Waals surface area contributed by atoms with Crippen molar-refractivity contribution in [2.45, 2.75) is 53.1 Å². The topological polar surface area (TPSA) is 76.0 Å². The molecule has 5 heteroatoms. The minimum absolute atomic E-state index is 0.0791. The largest absolute Gasteiger partial charge is 0.511 e. The van der Waals surface area contributed by atoms with Crippen LogP contribution in [-0.2, 0) is 9.53 Å². The predicted octanol–water partition coefficient (Wildman–Crippen LogP) is 4.55. The van der Waals surface area contributed by atoms with Crippen molar-refractivity contribution in [1.29, 1.82) is 0 Å². The summed E-state index contributed by atoms with van der Waals surface area (Å²) >= 11 is 0. The number of ketones is 1. The smallest absolute Gasteiger partial charge is 0.338 e. The van der Waals surface area contributed by atoms with E-state index in [2.05, 4.69) is 4.99 Å². The van der Waals surface area contributed by atoms with Gasteiger partial charge in [-0.1, -0.05) is 13.8 Å². The van der Waals surface area contributed by atoms with Crippen molar-refractivity contribution in [3.63, 3.8) is 0 Å². The fourth-order valence-corrected chi connectivity index (χ4v) is 2.61. The standard InChI is InChI=1S/C20H25NO4/c1-19(2,3)25-18(24)13-6-8-14(9-7-13)21-12-15-16(22)10-20(4,5)11-17(15)23/h6-9,12,22H,10-11H2,1-5H3. The number of Topliss-reactive ketones (excluding diaryl/α,β-unsaturated/α-hetero) is 1. The maximum atomic E-state index is 12.1. The van der Waals surface area contributed by atoms with Crippen LogP contribution in [0.1, 0.15) is 57.8 Å². The molecule has 25 heavy (non-hydrogen) atoms. The minimum atomic E-state index is -0.549. The van der Waals surface area contributed by atoms with Crippen molar-refractivity contribution in [1.82, 2.24) is 0 Å². The second-order valence-electron chi connectivity index (χ2n) is 8.11. The van der Waals surface area contributed by atoms with E-state index in [1.807, 2.05) is 34.6 Å². The molecule has 134 valence electrons. The van der Waals surface area contributed by atoms with Crippen molar-refractivity contribution >= 4 is 23.7 Å². The molecule has 1 N–H and O–H groups in total. The number of ether oxygens (including phenoxy) is 1. The first-order valence-corrected chi connectivity index (χ1v) is 8.30. The lowest BCUT2D eigenvalue weighted by Crippen LogP contribution is -2.26. The highest BCUT2D eigenvalue weighted by Crippen LogP contribution is 2.35. The van der Waals surface area contributed by atoms with Crippen LogP contribution >= 0.6 is 0 Å². The summed E-state index contributed by atoms with van der Waals surface area (Å²) in [4.78, 5) is 28.4. The molecule has 0 aromatic heterocycles. The van der Waals surface area contributed by atoms with Crippen molar-refractivity contribution < 1.29 is 19.4 Å². The molecule has 0 bridgehead atoms. The summed E-state index contributed by atoms with van der Waals surface area (Å²) in [5.74, 6) is -0.425. The normalized spacial score (nSPS) is 17.9. The Morgan fingerprint density at radius 1 is 1.20 bits per heavy atom. The van der Waals surface area contributed by atoms with E-state index < -0.39 is 11.6 Å². The first kappa shape index (κ1) is 18.9. The Morgan fingerprint density at radius 3 is 2.32 bits per heavy atom. The number of hydrogen-bond donors (Lipinski definition) is 1. The minimum Gasteiger partial charge on any atom is -0.511 e. The molecule has 1 aromatic carbocycles. The molecular formula is C20H25NO4. The van der Waals surface area contributed by atoms with Gasteiger partial charge in [0.05, 0.1) is 16.8 Å². The maximum absolute atomic E-state index is 12.1. The second-order valence-corrected chi connectivity index (χ2v) is 8.11. The Labute approximate surface area is 148 Å². The van der Waals surface area contributed by atoms with Gasteiger partial charge in [-0.15, -0.1) is 0 Å². The van der Waals surface area contributed by atoms with Crippen LogP contribution in [0, 0.1) is 5.41 Å². The van der Waals surface area contributed by atoms with Gasteiger partial charge in [-0.2, -0.15) is 0 Å². The maximum Gasteiger partial charge on any atom is 0.338 e. The number of nitrogens with zero attached hydrogens (tertiary/aromatic N) is 1. The molecule has 0 aliphatic heterocycles. The zero-order chi connectivity index (χ0) is 18.8. The van der Waals surface area contributed by atoms with Crippen LogP contribution < -0.4 is 0 Å². The highest BCUT2D eigenvalue weighted by Gasteiger charge is 2.32. The van der Waals surface area contributed by atoms with Crippen LogP contribution in [0.3, 0.4) is 0 Å². The fourth-order valence-electron chi connectivity index (χ4n) is 2.61. The van der Waals surface area contributed by atoms with E-state index in [-0.39, 0.29) is 22.5 Å². The average Bonchev–Trinajstić information content (AvgIpc) is 2.44. The molecule has 0 fully saturated rings. The van der Waals surface area contributed by atoms with E-state index in [0.717, 1.165) is 0 Å². The van der Waals surface area contributed by atoms with E-state index in [0.29, 0.717) is 24.1 Å². The number of hydrogen-bond acceptors (Lipinski definition) is 5. The molecule has 5 nitrogen and oxygen atoms in total. The molecular weight excluding hydrogens is 318 g/mol. The summed E-state index contributed by atoms with van der Waals surface area (Å²) in [6, 6.07) is 6.59. The molecule has 0 unspecified atom stereocenters. The first-order valence-electron chi connectivity index (χ1n) is 8.30. The third kappa shape index (κ3) is 5.28. The lowest BCUT2D eigenvalue weighted by atomic mass is 9.77. The molecule has 0 saturated carbocycles. The molecule has 1 aromatic rings. The number of allylic oxidation sites excluding steroid dienone is 2. The summed E-state index contributed by atoms with van der Waals surface area (Å²) in [6.07, 6.45) is 2.24. The number of benzene rings is 1. The van der Waals surface area contributed by atoms with Crippen LogP contribution in [0.2, 0.25) is 0 Å². The number of esters is 1. The van der Waals surface area contributed by atoms with Gasteiger partial charge < -0.3 is 9.84 Å². The number of aliphatic hydroxyl groups excluding tert-OH is 1. The zero-order valence-corrected chi connectivity index (χ0v) is 15.4. The molecule has 0 atom stereocenters. The monoisotopic (exact) mass is 343 g/mol. The summed E-state index contributed by atoms with van der Waals surface area (Å²) < 4.78 is 5.30. The highest BCUT2D eigenvalue weighted by molar-refractivity contribution is 6.14. The fraction of sp³-hybridized carbons (Fsp3) is 0.450. The van der Waals surface area contributed by atoms with Gasteiger partial charge in [-0.25, -0.2) is 4.79 Å². The molecule has 2 rings (SSSR count). The van der Waals surface area contributed by atoms with Crippen LogP contribution in [0.5, 0.6) is 0 Å². The van der Waals surface area contributed by atoms with Crippen molar-refractivity contribution in [3.8, 4) is 0 Å². The Hall–Kier alpha value is -2.43. The average molecular weight is 343 g/mol. The number of carbonyl (C=O) groups excluding carboxylic acids is 2. The van der Waals surface area contributed by atoms with Crippen LogP contribution in [-0.4, -0.2) is 28.7 Å². The van der Waals surface area contributed by atoms with Gasteiger partial charge in [0.2, 0.25) is 0 Å². The van der Waals surface area contributed by atoms with Gasteiger partial charge in [0.1, 0.15) is 11.4 Å². The van der Waals surface area contributed by atoms with Gasteiger partial charge in [-0.3, -0.25) is 9.79 Å². The van der Waals surface area contributed by atoms with Crippen LogP contribution in [0.15, 0.2) is 40.6 Å². The number of carbonyl (C=O) groups is 2. The van der Waals surface area contributed by atoms with Gasteiger partial charge in [0.25, 0.3) is 0 Å². The van der Waals surface area contributed by atoms with Gasteiger partial charge in [-0.05, 0) is 50.5 Å². The highest BCUT2D eigenvalue weighted by atomic mass is 16.6. The summed E-state index contributed by atoms with van der Waals surface area (Å²) in [5, 5.41) is 10.1. The van der Waals surface area contributed by atoms with Crippen molar-refractivity contribution in [3.05, 3.63) is 41.2 Å². The Morgan fingerprint density at radius 2 is 1.80 bits per heavy atom. The van der Waals surface area contributed by atoms with E-state index in [9.17, 15) is 14.7 Å². The molecule has 0 spiro atoms. The van der Waals surface area contributed by atoms with Gasteiger partial charge in [0, 0.05) is 19.1 Å². The Kier molecular flexibility index (Phi) is 5.16. The predicted molar refractivity (Wildman–Crippen MR) is 97.4 cm³/mol. The summed E-state index contributed by atoms with van der Waals surface area (Å²) in [7, 11) is 0. The zero-order valence-electron chi connectivity index (χ0n) is 15.4. The van der Waals surface area contributed by atoms with Gasteiger partial charge in [0.15, 0.2) is 5.78 Å². The van der Waals surface area contributed by atoms with E-state index in [1.54, 1.807) is 24.3 Å². The molecule has 0 amide bonds. The third-order valence-corrected chi connectivity index (χ3v) is 3.74. The SMILES string of the molecule is CC1(C)CC(=O)C(C=Nc2ccc(C(=O)OC(C)(C)C)cc2)=C(O)C1. The van der Waals surface area contributed by atoms with Crippen LogP contribution in [0.4, 0.5) is 5.69 Å². The summed E-state index contributed by atoms with van der Waals surface area (Å²) in [5.41, 5.74) is 0.507. The number of aliphatic hydroxyl groups is 1. The quantitative estimate of drug-likeness (QED) is 0.645. The molecule has 1 aliphatic carbocycles. The summed E-state index contributed by atoms with van der Waals surface area (Å²) in [6.45, 7) is 9.33. The lowest BCUT2D eigenvalue weighted by Gasteiger charge is -2.28. The first-order chi connectivity index (χ1) is 11.5. The van der Waals surface area contributed by atoms with Crippen LogP contribution in [0.25, 0.3) is 0 Å². The van der Waals surface area contributed by atoms with E-state index in [1.165, 1.54) is 6.21 Å². The number of rotatable bonds is 3. The molecule has 0 saturated heterocycles. The Balaban J connectivity index is 2.12.